The van der Waals surface area contributed by atoms with Gasteiger partial charge in [0, 0.05) is 49.3 Å². The Morgan fingerprint density at radius 2 is 0.968 bits per heavy atom. The summed E-state index contributed by atoms with van der Waals surface area (Å²) >= 11 is 0. The van der Waals surface area contributed by atoms with Gasteiger partial charge in [-0.3, -0.25) is 57.5 Å². The van der Waals surface area contributed by atoms with E-state index in [1.54, 1.807) is 101 Å². The molecule has 0 bridgehead atoms. The minimum Gasteiger partial charge on any atom is -0.508 e. The van der Waals surface area contributed by atoms with E-state index in [0.29, 0.717) is 39.6 Å². The zero-order chi connectivity index (χ0) is 69.0. The lowest BCUT2D eigenvalue weighted by atomic mass is 9.99. The molecule has 0 spiro atoms. The maximum absolute atomic E-state index is 15.2. The first-order chi connectivity index (χ1) is 45.3. The minimum absolute atomic E-state index is 0.0154. The van der Waals surface area contributed by atoms with Gasteiger partial charge in [-0.1, -0.05) is 100 Å². The number of phenolic OH excluding ortho intramolecular Hbond substituents is 2. The van der Waals surface area contributed by atoms with Gasteiger partial charge in [0.25, 0.3) is 0 Å². The monoisotopic (exact) mass is 1310 g/mol. The first-order valence-electron chi connectivity index (χ1n) is 31.7. The summed E-state index contributed by atoms with van der Waals surface area (Å²) in [5.41, 5.74) is 14.1. The molecule has 28 nitrogen and oxygen atoms in total. The summed E-state index contributed by atoms with van der Waals surface area (Å²) in [7, 11) is 0. The lowest BCUT2D eigenvalue weighted by Crippen LogP contribution is -2.62. The van der Waals surface area contributed by atoms with E-state index >= 15 is 14.4 Å². The van der Waals surface area contributed by atoms with Crippen LogP contribution in [0.4, 0.5) is 0 Å². The summed E-state index contributed by atoms with van der Waals surface area (Å²) in [4.78, 5) is 177. The van der Waals surface area contributed by atoms with Crippen molar-refractivity contribution in [2.45, 2.75) is 159 Å². The van der Waals surface area contributed by atoms with Gasteiger partial charge >= 0.3 is 5.97 Å². The molecule has 508 valence electrons. The molecule has 5 aromatic rings. The number of benzene rings is 4. The molecule has 10 unspecified atom stereocenters. The Hall–Kier alpha value is -10.4. The lowest BCUT2D eigenvalue weighted by Gasteiger charge is -2.32. The van der Waals surface area contributed by atoms with Crippen molar-refractivity contribution in [1.29, 1.82) is 0 Å². The van der Waals surface area contributed by atoms with Gasteiger partial charge in [0.05, 0.1) is 12.8 Å². The maximum atomic E-state index is 15.2. The zero-order valence-electron chi connectivity index (χ0n) is 53.4. The molecule has 2 saturated heterocycles. The van der Waals surface area contributed by atoms with E-state index in [2.05, 4.69) is 52.8 Å². The molecule has 1 aromatic heterocycles. The Bertz CT molecular complexity index is 3570. The maximum Gasteiger partial charge on any atom is 0.305 e. The molecule has 0 radical (unpaired) electrons. The van der Waals surface area contributed by atoms with Gasteiger partial charge in [0.1, 0.15) is 71.9 Å². The molecule has 11 amide bonds. The highest BCUT2D eigenvalue weighted by Gasteiger charge is 2.42. The van der Waals surface area contributed by atoms with E-state index in [0.717, 1.165) is 0 Å². The van der Waals surface area contributed by atoms with E-state index in [-0.39, 0.29) is 81.9 Å². The predicted molar refractivity (Wildman–Crippen MR) is 347 cm³/mol. The number of hydrogen-bond donors (Lipinski definition) is 15. The molecular formula is C67H85N13O15. The normalized spacial score (nSPS) is 23.6. The van der Waals surface area contributed by atoms with Crippen LogP contribution >= 0.6 is 0 Å². The van der Waals surface area contributed by atoms with Crippen molar-refractivity contribution in [1.82, 2.24) is 57.7 Å². The zero-order valence-corrected chi connectivity index (χ0v) is 53.4. The number of carboxylic acid groups (broad SMARTS) is 1. The van der Waals surface area contributed by atoms with Crippen molar-refractivity contribution in [3.8, 4) is 11.5 Å². The van der Waals surface area contributed by atoms with Gasteiger partial charge in [0.15, 0.2) is 0 Å². The van der Waals surface area contributed by atoms with Crippen LogP contribution in [0.25, 0.3) is 10.9 Å². The Labute approximate surface area is 548 Å². The van der Waals surface area contributed by atoms with Crippen molar-refractivity contribution in [3.63, 3.8) is 0 Å². The van der Waals surface area contributed by atoms with E-state index in [1.165, 1.54) is 41.3 Å². The topological polar surface area (TPSA) is 445 Å². The number of amides is 11. The lowest BCUT2D eigenvalue weighted by molar-refractivity contribution is -0.142. The summed E-state index contributed by atoms with van der Waals surface area (Å²) in [5.74, 6) is -13.6. The van der Waals surface area contributed by atoms with E-state index in [4.69, 9.17) is 11.5 Å². The van der Waals surface area contributed by atoms with Crippen molar-refractivity contribution in [2.24, 2.45) is 23.3 Å². The van der Waals surface area contributed by atoms with Crippen LogP contribution < -0.4 is 59.3 Å². The molecule has 4 aromatic carbocycles. The largest absolute Gasteiger partial charge is 0.508 e. The van der Waals surface area contributed by atoms with E-state index in [1.807, 2.05) is 0 Å². The predicted octanol–water partition coefficient (Wildman–Crippen LogP) is 0.00860. The molecular weight excluding hydrogens is 1230 g/mol. The SMILES string of the molecule is CC(C)CC1NC(=O)C(CCCN)NC(=O)C(C(C)C)NC(=O)C(Cc2ccc(O)cc2)NC(=O)C(CC(=O)O)NC(=O)C(CC(N)=O)NC(=O)C(Cc2ccccc2)NC(=O)C(Cc2c[nH]c3ccccc23)NC(=O)C2CCCN2C(=O)C(Cc2ccc(O)cc2)NC1=O. The number of aromatic amines is 1. The quantitative estimate of drug-likeness (QED) is 0.0549. The number of para-hydroxylation sites is 1. The summed E-state index contributed by atoms with van der Waals surface area (Å²) in [6, 6.07) is 11.2. The Kier molecular flexibility index (Phi) is 25.8. The second kappa shape index (κ2) is 34.0. The smallest absolute Gasteiger partial charge is 0.305 e. The Morgan fingerprint density at radius 3 is 1.53 bits per heavy atom. The van der Waals surface area contributed by atoms with Crippen molar-refractivity contribution >= 4 is 81.9 Å². The number of fused-ring (bicyclic) bond motifs is 2. The number of nitrogens with one attached hydrogen (secondary N) is 10. The summed E-state index contributed by atoms with van der Waals surface area (Å²) in [5, 5.41) is 54.8. The number of aliphatic carboxylic acids is 1. The number of aromatic hydroxyl groups is 2. The number of primary amides is 1. The molecule has 2 fully saturated rings. The van der Waals surface area contributed by atoms with Crippen LogP contribution in [0.15, 0.2) is 109 Å². The van der Waals surface area contributed by atoms with Gasteiger partial charge in [-0.05, 0) is 103 Å². The van der Waals surface area contributed by atoms with Gasteiger partial charge < -0.3 is 84.5 Å². The van der Waals surface area contributed by atoms with Gasteiger partial charge in [-0.25, -0.2) is 0 Å². The molecule has 7 rings (SSSR count). The molecule has 10 atom stereocenters. The number of hydrogen-bond acceptors (Lipinski definition) is 15. The van der Waals surface area contributed by atoms with Crippen LogP contribution in [-0.2, 0) is 83.2 Å². The number of carbonyl (C=O) groups is 12. The molecule has 28 heteroatoms. The summed E-state index contributed by atoms with van der Waals surface area (Å²) in [6.45, 7) is 6.83. The number of carboxylic acids is 1. The average molecular weight is 1310 g/mol. The van der Waals surface area contributed by atoms with Crippen molar-refractivity contribution in [2.75, 3.05) is 13.1 Å². The Balaban J connectivity index is 1.33. The van der Waals surface area contributed by atoms with Crippen LogP contribution in [0.1, 0.15) is 94.9 Å². The van der Waals surface area contributed by atoms with E-state index in [9.17, 15) is 58.5 Å². The van der Waals surface area contributed by atoms with Crippen molar-refractivity contribution < 1.29 is 72.9 Å². The van der Waals surface area contributed by atoms with E-state index < -0.39 is 150 Å². The second-order valence-corrected chi connectivity index (χ2v) is 24.7. The molecule has 95 heavy (non-hydrogen) atoms. The van der Waals surface area contributed by atoms with Crippen LogP contribution in [-0.4, -0.2) is 170 Å². The molecule has 3 heterocycles. The summed E-state index contributed by atoms with van der Waals surface area (Å²) < 4.78 is 0. The number of rotatable bonds is 18. The standard InChI is InChI=1S/C67H85N13O15/c1-36(2)28-47-59(87)78-53(31-40-20-24-43(82)25-21-40)67(95)80-27-11-17-54(80)65(93)77-50(32-41-35-70-45-15-9-8-14-44(41)45)61(89)73-48(29-38-12-6-5-7-13-38)60(88)75-51(33-55(69)83)62(90)76-52(34-56(84)85)63(91)74-49(30-39-18-22-42(81)23-19-39)64(92)79-57(37(3)4)66(94)71-46(16-10-26-68)58(86)72-47/h5-9,12-15,18-25,35-37,46-54,57,70,81-82H,10-11,16-17,26-34,68H2,1-4H3,(H2,69,83)(H,71,94)(H,72,86)(H,73,89)(H,74,91)(H,75,88)(H,76,90)(H,77,93)(H,78,87)(H,79,92)(H,84,85). The van der Waals surface area contributed by atoms with Crippen LogP contribution in [0, 0.1) is 11.8 Å². The number of nitrogens with two attached hydrogens (primary N) is 2. The number of H-pyrrole nitrogens is 1. The molecule has 17 N–H and O–H groups in total. The first-order valence-corrected chi connectivity index (χ1v) is 31.7. The number of phenols is 2. The van der Waals surface area contributed by atoms with Crippen molar-refractivity contribution in [3.05, 3.63) is 132 Å². The summed E-state index contributed by atoms with van der Waals surface area (Å²) in [6.07, 6.45) is -0.886. The molecule has 2 aliphatic heterocycles. The van der Waals surface area contributed by atoms with Crippen LogP contribution in [0.5, 0.6) is 11.5 Å². The highest BCUT2D eigenvalue weighted by atomic mass is 16.4. The fraction of sp³-hybridized carbons (Fsp3) is 0.433. The van der Waals surface area contributed by atoms with Crippen LogP contribution in [0.2, 0.25) is 0 Å². The average Bonchev–Trinajstić information content (AvgIpc) is 1.77. The third kappa shape index (κ3) is 20.8. The Morgan fingerprint density at radius 1 is 0.516 bits per heavy atom. The second-order valence-electron chi connectivity index (χ2n) is 24.7. The van der Waals surface area contributed by atoms with Gasteiger partial charge in [-0.15, -0.1) is 0 Å². The molecule has 0 aliphatic carbocycles. The highest BCUT2D eigenvalue weighted by Crippen LogP contribution is 2.24. The fourth-order valence-electron chi connectivity index (χ4n) is 11.5. The third-order valence-electron chi connectivity index (χ3n) is 16.5. The number of nitrogens with zero attached hydrogens (tertiary/aromatic N) is 1. The highest BCUT2D eigenvalue weighted by molar-refractivity contribution is 6.01. The number of aromatic nitrogens is 1. The first kappa shape index (κ1) is 72.1. The fourth-order valence-corrected chi connectivity index (χ4v) is 11.5. The molecule has 2 aliphatic rings. The number of carbonyl (C=O) groups excluding carboxylic acids is 11. The van der Waals surface area contributed by atoms with Gasteiger partial charge in [-0.2, -0.15) is 0 Å². The molecule has 0 saturated carbocycles. The third-order valence-corrected chi connectivity index (χ3v) is 16.5. The van der Waals surface area contributed by atoms with Gasteiger partial charge in [0.2, 0.25) is 65.0 Å². The van der Waals surface area contributed by atoms with Crippen LogP contribution in [0.3, 0.4) is 0 Å². The minimum atomic E-state index is -2.04.